The molecule has 0 spiro atoms. The predicted octanol–water partition coefficient (Wildman–Crippen LogP) is 3.39. The maximum atomic E-state index is 12.4. The van der Waals surface area contributed by atoms with Gasteiger partial charge in [0.25, 0.3) is 0 Å². The molecule has 1 aliphatic rings. The van der Waals surface area contributed by atoms with Crippen LogP contribution in [-0.2, 0) is 9.59 Å². The second-order valence-electron chi connectivity index (χ2n) is 6.01. The van der Waals surface area contributed by atoms with Crippen LogP contribution in [0.3, 0.4) is 0 Å². The molecular formula is C16H23NO3S. The van der Waals surface area contributed by atoms with E-state index >= 15 is 0 Å². The van der Waals surface area contributed by atoms with Crippen molar-refractivity contribution in [1.82, 2.24) is 5.32 Å². The van der Waals surface area contributed by atoms with Gasteiger partial charge in [-0.25, -0.2) is 4.79 Å². The van der Waals surface area contributed by atoms with Crippen molar-refractivity contribution in [2.45, 2.75) is 57.4 Å². The molecule has 0 aliphatic heterocycles. The first-order valence-electron chi connectivity index (χ1n) is 7.56. The maximum Gasteiger partial charge on any atom is 0.329 e. The van der Waals surface area contributed by atoms with Gasteiger partial charge in [0.05, 0.1) is 5.92 Å². The third kappa shape index (κ3) is 3.46. The van der Waals surface area contributed by atoms with Crippen molar-refractivity contribution in [2.24, 2.45) is 5.92 Å². The van der Waals surface area contributed by atoms with Crippen LogP contribution in [0.1, 0.15) is 57.4 Å². The Hall–Kier alpha value is -1.36. The van der Waals surface area contributed by atoms with Crippen molar-refractivity contribution < 1.29 is 14.7 Å². The molecule has 4 nitrogen and oxygen atoms in total. The number of carbonyl (C=O) groups is 2. The summed E-state index contributed by atoms with van der Waals surface area (Å²) in [6.07, 6.45) is 3.88. The summed E-state index contributed by atoms with van der Waals surface area (Å²) in [6.45, 7) is 3.96. The molecule has 2 N–H and O–H groups in total. The molecule has 1 fully saturated rings. The van der Waals surface area contributed by atoms with Crippen LogP contribution in [0.15, 0.2) is 16.8 Å². The summed E-state index contributed by atoms with van der Waals surface area (Å²) in [4.78, 5) is 24.1. The molecular weight excluding hydrogens is 286 g/mol. The summed E-state index contributed by atoms with van der Waals surface area (Å²) >= 11 is 1.54. The highest BCUT2D eigenvalue weighted by Gasteiger charge is 2.43. The molecule has 1 aromatic heterocycles. The maximum absolute atomic E-state index is 12.4. The molecule has 1 aliphatic carbocycles. The molecule has 0 aromatic carbocycles. The van der Waals surface area contributed by atoms with Crippen molar-refractivity contribution in [2.75, 3.05) is 0 Å². The number of aliphatic carboxylic acids is 1. The van der Waals surface area contributed by atoms with E-state index < -0.39 is 11.5 Å². The van der Waals surface area contributed by atoms with Crippen LogP contribution in [0.2, 0.25) is 0 Å². The Morgan fingerprint density at radius 2 is 2.14 bits per heavy atom. The number of nitrogens with one attached hydrogen (secondary N) is 1. The number of carboxylic acids is 1. The minimum atomic E-state index is -1.08. The van der Waals surface area contributed by atoms with E-state index in [9.17, 15) is 14.7 Å². The third-order valence-corrected chi connectivity index (χ3v) is 5.45. The van der Waals surface area contributed by atoms with E-state index in [1.54, 1.807) is 11.3 Å². The van der Waals surface area contributed by atoms with Crippen LogP contribution in [0.5, 0.6) is 0 Å². The minimum absolute atomic E-state index is 0.189. The van der Waals surface area contributed by atoms with Gasteiger partial charge in [-0.2, -0.15) is 11.3 Å². The number of hydrogen-bond donors (Lipinski definition) is 2. The highest BCUT2D eigenvalue weighted by molar-refractivity contribution is 7.08. The molecule has 2 rings (SSSR count). The van der Waals surface area contributed by atoms with Gasteiger partial charge in [-0.05, 0) is 60.9 Å². The summed E-state index contributed by atoms with van der Waals surface area (Å²) in [6, 6.07) is 1.91. The Morgan fingerprint density at radius 3 is 2.62 bits per heavy atom. The van der Waals surface area contributed by atoms with E-state index in [-0.39, 0.29) is 11.8 Å². The summed E-state index contributed by atoms with van der Waals surface area (Å²) in [5, 5.41) is 16.3. The molecule has 1 unspecified atom stereocenters. The molecule has 0 radical (unpaired) electrons. The van der Waals surface area contributed by atoms with Crippen LogP contribution < -0.4 is 5.32 Å². The first-order valence-corrected chi connectivity index (χ1v) is 8.50. The Bertz CT molecular complexity index is 490. The van der Waals surface area contributed by atoms with Crippen molar-refractivity contribution in [3.05, 3.63) is 22.4 Å². The first-order chi connectivity index (χ1) is 9.98. The minimum Gasteiger partial charge on any atom is -0.480 e. The van der Waals surface area contributed by atoms with E-state index in [0.717, 1.165) is 24.8 Å². The molecule has 1 amide bonds. The monoisotopic (exact) mass is 309 g/mol. The van der Waals surface area contributed by atoms with Crippen LogP contribution >= 0.6 is 11.3 Å². The fourth-order valence-electron chi connectivity index (χ4n) is 2.99. The van der Waals surface area contributed by atoms with Gasteiger partial charge in [-0.15, -0.1) is 0 Å². The van der Waals surface area contributed by atoms with E-state index in [0.29, 0.717) is 18.8 Å². The van der Waals surface area contributed by atoms with Gasteiger partial charge in [-0.3, -0.25) is 4.79 Å². The van der Waals surface area contributed by atoms with Crippen molar-refractivity contribution in [1.29, 1.82) is 0 Å². The Labute approximate surface area is 129 Å². The van der Waals surface area contributed by atoms with E-state index in [1.807, 2.05) is 23.8 Å². The van der Waals surface area contributed by atoms with Crippen molar-refractivity contribution in [3.8, 4) is 0 Å². The SMILES string of the molecule is CCC1CCC(NC(=O)C(C)c2ccsc2)(C(=O)O)CC1. The molecule has 1 heterocycles. The lowest BCUT2D eigenvalue weighted by molar-refractivity contribution is -0.150. The lowest BCUT2D eigenvalue weighted by Crippen LogP contribution is -2.57. The number of carbonyl (C=O) groups excluding carboxylic acids is 1. The molecule has 1 atom stereocenters. The van der Waals surface area contributed by atoms with E-state index in [4.69, 9.17) is 0 Å². The molecule has 1 saturated carbocycles. The number of amides is 1. The number of hydrogen-bond acceptors (Lipinski definition) is 3. The molecule has 0 saturated heterocycles. The van der Waals surface area contributed by atoms with Crippen LogP contribution in [0.25, 0.3) is 0 Å². The summed E-state index contributed by atoms with van der Waals surface area (Å²) in [7, 11) is 0. The summed E-state index contributed by atoms with van der Waals surface area (Å²) in [5.74, 6) is -0.811. The van der Waals surface area contributed by atoms with E-state index in [1.165, 1.54) is 0 Å². The van der Waals surface area contributed by atoms with Crippen LogP contribution in [0, 0.1) is 5.92 Å². The number of carboxylic acid groups (broad SMARTS) is 1. The van der Waals surface area contributed by atoms with Gasteiger partial charge in [0, 0.05) is 0 Å². The van der Waals surface area contributed by atoms with Gasteiger partial charge in [-0.1, -0.05) is 13.3 Å². The van der Waals surface area contributed by atoms with Crippen LogP contribution in [0.4, 0.5) is 0 Å². The summed E-state index contributed by atoms with van der Waals surface area (Å²) in [5.41, 5.74) is -0.132. The van der Waals surface area contributed by atoms with Gasteiger partial charge in [0.2, 0.25) is 5.91 Å². The number of thiophene rings is 1. The predicted molar refractivity (Wildman–Crippen MR) is 83.5 cm³/mol. The average molecular weight is 309 g/mol. The zero-order valence-electron chi connectivity index (χ0n) is 12.6. The normalized spacial score (nSPS) is 27.0. The quantitative estimate of drug-likeness (QED) is 0.876. The first kappa shape index (κ1) is 16.0. The Morgan fingerprint density at radius 1 is 1.48 bits per heavy atom. The lowest BCUT2D eigenvalue weighted by Gasteiger charge is -2.37. The average Bonchev–Trinajstić information content (AvgIpc) is 3.01. The summed E-state index contributed by atoms with van der Waals surface area (Å²) < 4.78 is 0. The Balaban J connectivity index is 2.07. The van der Waals surface area contributed by atoms with E-state index in [2.05, 4.69) is 12.2 Å². The number of rotatable bonds is 5. The van der Waals surface area contributed by atoms with Gasteiger partial charge < -0.3 is 10.4 Å². The van der Waals surface area contributed by atoms with Gasteiger partial charge in [0.15, 0.2) is 0 Å². The Kier molecular flexibility index (Phi) is 5.04. The van der Waals surface area contributed by atoms with Gasteiger partial charge >= 0.3 is 5.97 Å². The van der Waals surface area contributed by atoms with Gasteiger partial charge in [0.1, 0.15) is 5.54 Å². The molecule has 21 heavy (non-hydrogen) atoms. The smallest absolute Gasteiger partial charge is 0.329 e. The van der Waals surface area contributed by atoms with Crippen molar-refractivity contribution in [3.63, 3.8) is 0 Å². The second kappa shape index (κ2) is 6.60. The zero-order chi connectivity index (χ0) is 15.5. The topological polar surface area (TPSA) is 66.4 Å². The molecule has 0 bridgehead atoms. The second-order valence-corrected chi connectivity index (χ2v) is 6.79. The standard InChI is InChI=1S/C16H23NO3S/c1-3-12-4-7-16(8-5-12,15(19)20)17-14(18)11(2)13-6-9-21-10-13/h6,9-12H,3-5,7-8H2,1-2H3,(H,17,18)(H,19,20). The lowest BCUT2D eigenvalue weighted by atomic mass is 9.75. The van der Waals surface area contributed by atoms with Crippen LogP contribution in [-0.4, -0.2) is 22.5 Å². The fourth-order valence-corrected chi connectivity index (χ4v) is 3.74. The molecule has 5 heteroatoms. The third-order valence-electron chi connectivity index (χ3n) is 4.74. The molecule has 1 aromatic rings. The fraction of sp³-hybridized carbons (Fsp3) is 0.625. The largest absolute Gasteiger partial charge is 0.480 e. The van der Waals surface area contributed by atoms with Crippen molar-refractivity contribution >= 4 is 23.2 Å². The molecule has 116 valence electrons. The zero-order valence-corrected chi connectivity index (χ0v) is 13.4. The highest BCUT2D eigenvalue weighted by atomic mass is 32.1. The highest BCUT2D eigenvalue weighted by Crippen LogP contribution is 2.34.